The standard InChI is InChI=1S/C13H16FN3O/c1-17(9-3-4-9)13(15)16-11-7-18-12-5-2-8(14)6-10(11)12/h2,5-6,9,11H,3-4,7H2,1H3,(H2,15,16). The molecular weight excluding hydrogens is 233 g/mol. The molecule has 5 heteroatoms. The maximum Gasteiger partial charge on any atom is 0.191 e. The van der Waals surface area contributed by atoms with Crippen LogP contribution >= 0.6 is 0 Å². The number of guanidine groups is 1. The van der Waals surface area contributed by atoms with Crippen LogP contribution in [0.5, 0.6) is 5.75 Å². The number of nitrogens with two attached hydrogens (primary N) is 1. The fourth-order valence-corrected chi connectivity index (χ4v) is 2.18. The Balaban J connectivity index is 1.83. The van der Waals surface area contributed by atoms with Gasteiger partial charge in [-0.25, -0.2) is 9.38 Å². The van der Waals surface area contributed by atoms with Gasteiger partial charge in [-0.15, -0.1) is 0 Å². The molecule has 18 heavy (non-hydrogen) atoms. The van der Waals surface area contributed by atoms with Crippen molar-refractivity contribution in [3.63, 3.8) is 0 Å². The van der Waals surface area contributed by atoms with Gasteiger partial charge < -0.3 is 15.4 Å². The summed E-state index contributed by atoms with van der Waals surface area (Å²) in [6.45, 7) is 0.429. The number of benzene rings is 1. The van der Waals surface area contributed by atoms with Crippen molar-refractivity contribution in [2.24, 2.45) is 10.7 Å². The second kappa shape index (κ2) is 4.15. The van der Waals surface area contributed by atoms with Crippen molar-refractivity contribution in [2.45, 2.75) is 24.9 Å². The van der Waals surface area contributed by atoms with E-state index in [0.29, 0.717) is 24.4 Å². The molecule has 1 saturated carbocycles. The Bertz CT molecular complexity index is 499. The number of hydrogen-bond donors (Lipinski definition) is 1. The van der Waals surface area contributed by atoms with Crippen LogP contribution < -0.4 is 10.5 Å². The predicted molar refractivity (Wildman–Crippen MR) is 67.0 cm³/mol. The molecule has 1 atom stereocenters. The van der Waals surface area contributed by atoms with Gasteiger partial charge in [-0.2, -0.15) is 0 Å². The Kier molecular flexibility index (Phi) is 2.61. The van der Waals surface area contributed by atoms with E-state index >= 15 is 0 Å². The van der Waals surface area contributed by atoms with Crippen molar-refractivity contribution in [2.75, 3.05) is 13.7 Å². The Morgan fingerprint density at radius 1 is 1.50 bits per heavy atom. The van der Waals surface area contributed by atoms with Gasteiger partial charge in [0.1, 0.15) is 24.2 Å². The van der Waals surface area contributed by atoms with E-state index in [4.69, 9.17) is 10.5 Å². The fourth-order valence-electron chi connectivity index (χ4n) is 2.18. The first-order valence-corrected chi connectivity index (χ1v) is 6.13. The summed E-state index contributed by atoms with van der Waals surface area (Å²) in [4.78, 5) is 6.43. The van der Waals surface area contributed by atoms with E-state index in [1.165, 1.54) is 25.0 Å². The van der Waals surface area contributed by atoms with Crippen LogP contribution in [0.3, 0.4) is 0 Å². The second-order valence-corrected chi connectivity index (χ2v) is 4.84. The van der Waals surface area contributed by atoms with Gasteiger partial charge in [0.2, 0.25) is 0 Å². The summed E-state index contributed by atoms with van der Waals surface area (Å²) in [5, 5.41) is 0. The van der Waals surface area contributed by atoms with E-state index < -0.39 is 0 Å². The molecule has 2 N–H and O–H groups in total. The molecule has 96 valence electrons. The van der Waals surface area contributed by atoms with Gasteiger partial charge in [0, 0.05) is 18.7 Å². The highest BCUT2D eigenvalue weighted by molar-refractivity contribution is 5.79. The minimum Gasteiger partial charge on any atom is -0.491 e. The maximum atomic E-state index is 13.2. The highest BCUT2D eigenvalue weighted by Crippen LogP contribution is 2.35. The molecule has 1 fully saturated rings. The zero-order chi connectivity index (χ0) is 12.7. The largest absolute Gasteiger partial charge is 0.491 e. The lowest BCUT2D eigenvalue weighted by molar-refractivity contribution is 0.332. The van der Waals surface area contributed by atoms with Gasteiger partial charge in [-0.3, -0.25) is 0 Å². The summed E-state index contributed by atoms with van der Waals surface area (Å²) in [6, 6.07) is 4.83. The Hall–Kier alpha value is -1.78. The normalized spacial score (nSPS) is 22.6. The molecule has 1 aromatic carbocycles. The first-order chi connectivity index (χ1) is 8.65. The fraction of sp³-hybridized carbons (Fsp3) is 0.462. The van der Waals surface area contributed by atoms with Gasteiger partial charge in [-0.1, -0.05) is 0 Å². The highest BCUT2D eigenvalue weighted by atomic mass is 19.1. The third-order valence-corrected chi connectivity index (χ3v) is 3.47. The summed E-state index contributed by atoms with van der Waals surface area (Å²) >= 11 is 0. The first kappa shape index (κ1) is 11.3. The molecule has 1 unspecified atom stereocenters. The lowest BCUT2D eigenvalue weighted by Crippen LogP contribution is -2.36. The molecule has 0 radical (unpaired) electrons. The van der Waals surface area contributed by atoms with Crippen molar-refractivity contribution in [3.05, 3.63) is 29.6 Å². The third-order valence-electron chi connectivity index (χ3n) is 3.47. The van der Waals surface area contributed by atoms with Crippen LogP contribution in [0, 0.1) is 5.82 Å². The first-order valence-electron chi connectivity index (χ1n) is 6.13. The SMILES string of the molecule is CN(C(N)=NC1COc2ccc(F)cc21)C1CC1. The van der Waals surface area contributed by atoms with Crippen molar-refractivity contribution < 1.29 is 9.13 Å². The lowest BCUT2D eigenvalue weighted by atomic mass is 10.1. The number of fused-ring (bicyclic) bond motifs is 1. The number of ether oxygens (including phenoxy) is 1. The van der Waals surface area contributed by atoms with Crippen LogP contribution in [-0.4, -0.2) is 30.6 Å². The number of aliphatic imine (C=N–C) groups is 1. The van der Waals surface area contributed by atoms with Crippen LogP contribution in [0.25, 0.3) is 0 Å². The molecule has 1 aliphatic carbocycles. The Morgan fingerprint density at radius 2 is 2.28 bits per heavy atom. The molecule has 1 heterocycles. The second-order valence-electron chi connectivity index (χ2n) is 4.84. The highest BCUT2D eigenvalue weighted by Gasteiger charge is 2.29. The van der Waals surface area contributed by atoms with Crippen LogP contribution in [0.1, 0.15) is 24.4 Å². The minimum absolute atomic E-state index is 0.197. The van der Waals surface area contributed by atoms with E-state index in [-0.39, 0.29) is 11.9 Å². The molecule has 0 aromatic heterocycles. The van der Waals surface area contributed by atoms with Gasteiger partial charge in [0.25, 0.3) is 0 Å². The lowest BCUT2D eigenvalue weighted by Gasteiger charge is -2.18. The monoisotopic (exact) mass is 249 g/mol. The average molecular weight is 249 g/mol. The van der Waals surface area contributed by atoms with E-state index in [2.05, 4.69) is 4.99 Å². The van der Waals surface area contributed by atoms with E-state index in [0.717, 1.165) is 5.56 Å². The summed E-state index contributed by atoms with van der Waals surface area (Å²) in [7, 11) is 1.94. The molecule has 1 aliphatic heterocycles. The van der Waals surface area contributed by atoms with Gasteiger partial charge >= 0.3 is 0 Å². The average Bonchev–Trinajstić information content (AvgIpc) is 3.13. The van der Waals surface area contributed by atoms with Crippen molar-refractivity contribution in [1.29, 1.82) is 0 Å². The van der Waals surface area contributed by atoms with E-state index in [9.17, 15) is 4.39 Å². The van der Waals surface area contributed by atoms with Crippen LogP contribution in [-0.2, 0) is 0 Å². The van der Waals surface area contributed by atoms with Crippen molar-refractivity contribution >= 4 is 5.96 Å². The van der Waals surface area contributed by atoms with Gasteiger partial charge in [0.15, 0.2) is 5.96 Å². The number of hydrogen-bond acceptors (Lipinski definition) is 2. The quantitative estimate of drug-likeness (QED) is 0.640. The maximum absolute atomic E-state index is 13.2. The third kappa shape index (κ3) is 2.00. The van der Waals surface area contributed by atoms with Crippen molar-refractivity contribution in [3.8, 4) is 5.75 Å². The topological polar surface area (TPSA) is 50.8 Å². The molecule has 3 rings (SSSR count). The van der Waals surface area contributed by atoms with Crippen LogP contribution in [0.15, 0.2) is 23.2 Å². The summed E-state index contributed by atoms with van der Waals surface area (Å²) in [5.74, 6) is 0.934. The Morgan fingerprint density at radius 3 is 3.00 bits per heavy atom. The molecule has 0 amide bonds. The summed E-state index contributed by atoms with van der Waals surface area (Å²) < 4.78 is 18.7. The van der Waals surface area contributed by atoms with E-state index in [1.54, 1.807) is 6.07 Å². The molecule has 0 bridgehead atoms. The van der Waals surface area contributed by atoms with Crippen molar-refractivity contribution in [1.82, 2.24) is 4.90 Å². The minimum atomic E-state index is -0.270. The zero-order valence-corrected chi connectivity index (χ0v) is 10.3. The molecule has 4 nitrogen and oxygen atoms in total. The Labute approximate surface area is 105 Å². The van der Waals surface area contributed by atoms with Crippen LogP contribution in [0.2, 0.25) is 0 Å². The molecule has 0 spiro atoms. The number of rotatable bonds is 2. The summed E-state index contributed by atoms with van der Waals surface area (Å²) in [5.41, 5.74) is 6.74. The van der Waals surface area contributed by atoms with Gasteiger partial charge in [-0.05, 0) is 31.0 Å². The molecule has 2 aliphatic rings. The smallest absolute Gasteiger partial charge is 0.191 e. The predicted octanol–water partition coefficient (Wildman–Crippen LogP) is 1.67. The summed E-state index contributed by atoms with van der Waals surface area (Å²) in [6.07, 6.45) is 2.33. The molecule has 1 aromatic rings. The van der Waals surface area contributed by atoms with E-state index in [1.807, 2.05) is 11.9 Å². The van der Waals surface area contributed by atoms with Gasteiger partial charge in [0.05, 0.1) is 0 Å². The molecular formula is C13H16FN3O. The number of halogens is 1. The zero-order valence-electron chi connectivity index (χ0n) is 10.3. The molecule has 0 saturated heterocycles. The van der Waals surface area contributed by atoms with Crippen LogP contribution in [0.4, 0.5) is 4.39 Å². The number of nitrogens with zero attached hydrogens (tertiary/aromatic N) is 2.